The number of aromatic nitrogens is 2. The molecular weight excluding hydrogens is 488 g/mol. The average molecular weight is 516 g/mol. The molecule has 9 heteroatoms. The van der Waals surface area contributed by atoms with E-state index in [0.29, 0.717) is 18.1 Å². The van der Waals surface area contributed by atoms with Crippen LogP contribution in [0.25, 0.3) is 11.4 Å². The molecule has 1 aliphatic rings. The van der Waals surface area contributed by atoms with Gasteiger partial charge in [0.2, 0.25) is 0 Å². The van der Waals surface area contributed by atoms with Crippen molar-refractivity contribution in [3.05, 3.63) is 102 Å². The van der Waals surface area contributed by atoms with Gasteiger partial charge in [-0.1, -0.05) is 18.2 Å². The second-order valence-electron chi connectivity index (χ2n) is 8.96. The molecule has 5 rings (SSSR count). The highest BCUT2D eigenvalue weighted by Crippen LogP contribution is 2.27. The van der Waals surface area contributed by atoms with Gasteiger partial charge in [0.05, 0.1) is 0 Å². The van der Waals surface area contributed by atoms with E-state index in [1.807, 2.05) is 36.4 Å². The standard InChI is InChI=1S/C29H27F2N5O2/c30-25-9-8-23(18-26(25)31)34-28(37)20-38-27-10-7-21(29-32-11-4-12-33-29)17-22(27)19-35-13-15-36(16-14-35)24-5-2-1-3-6-24/h1-12,17-18H,13-16,19-20H2,(H,34,37). The van der Waals surface area contributed by atoms with Crippen LogP contribution < -0.4 is 15.0 Å². The highest BCUT2D eigenvalue weighted by atomic mass is 19.2. The van der Waals surface area contributed by atoms with E-state index < -0.39 is 17.5 Å². The molecule has 0 spiro atoms. The first kappa shape index (κ1) is 25.3. The van der Waals surface area contributed by atoms with Gasteiger partial charge in [0.15, 0.2) is 24.1 Å². The fraction of sp³-hybridized carbons (Fsp3) is 0.207. The first-order valence-corrected chi connectivity index (χ1v) is 12.4. The van der Waals surface area contributed by atoms with Crippen LogP contribution in [0.5, 0.6) is 5.75 Å². The molecule has 38 heavy (non-hydrogen) atoms. The zero-order valence-corrected chi connectivity index (χ0v) is 20.7. The zero-order chi connectivity index (χ0) is 26.3. The molecule has 0 aliphatic carbocycles. The molecule has 194 valence electrons. The number of halogens is 2. The molecule has 0 unspecified atom stereocenters. The molecule has 1 saturated heterocycles. The highest BCUT2D eigenvalue weighted by molar-refractivity contribution is 5.91. The van der Waals surface area contributed by atoms with Gasteiger partial charge >= 0.3 is 0 Å². The summed E-state index contributed by atoms with van der Waals surface area (Å²) in [6.07, 6.45) is 3.38. The van der Waals surface area contributed by atoms with E-state index >= 15 is 0 Å². The topological polar surface area (TPSA) is 70.6 Å². The van der Waals surface area contributed by atoms with Gasteiger partial charge < -0.3 is 15.0 Å². The number of carbonyl (C=O) groups excluding carboxylic acids is 1. The lowest BCUT2D eigenvalue weighted by atomic mass is 10.1. The van der Waals surface area contributed by atoms with Crippen LogP contribution in [-0.4, -0.2) is 53.6 Å². The van der Waals surface area contributed by atoms with E-state index in [2.05, 4.69) is 37.2 Å². The van der Waals surface area contributed by atoms with Gasteiger partial charge in [0.25, 0.3) is 5.91 Å². The van der Waals surface area contributed by atoms with Crippen molar-refractivity contribution in [2.45, 2.75) is 6.54 Å². The quantitative estimate of drug-likeness (QED) is 0.365. The number of ether oxygens (including phenoxy) is 1. The summed E-state index contributed by atoms with van der Waals surface area (Å²) in [4.78, 5) is 25.9. The van der Waals surface area contributed by atoms with Crippen LogP contribution in [0.15, 0.2) is 85.2 Å². The van der Waals surface area contributed by atoms with Crippen molar-refractivity contribution in [2.75, 3.05) is 43.0 Å². The molecule has 7 nitrogen and oxygen atoms in total. The third-order valence-electron chi connectivity index (χ3n) is 6.33. The molecule has 0 radical (unpaired) electrons. The number of rotatable bonds is 8. The van der Waals surface area contributed by atoms with Gasteiger partial charge in [-0.3, -0.25) is 9.69 Å². The summed E-state index contributed by atoms with van der Waals surface area (Å²) >= 11 is 0. The summed E-state index contributed by atoms with van der Waals surface area (Å²) in [5, 5.41) is 2.53. The number of anilines is 2. The molecule has 0 atom stereocenters. The van der Waals surface area contributed by atoms with Crippen LogP contribution in [0.3, 0.4) is 0 Å². The summed E-state index contributed by atoms with van der Waals surface area (Å²) in [6.45, 7) is 3.89. The van der Waals surface area contributed by atoms with Gasteiger partial charge in [0.1, 0.15) is 5.75 Å². The van der Waals surface area contributed by atoms with E-state index in [1.165, 1.54) is 11.8 Å². The number of hydrogen-bond acceptors (Lipinski definition) is 6. The Labute approximate surface area is 219 Å². The molecule has 1 fully saturated rings. The summed E-state index contributed by atoms with van der Waals surface area (Å²) < 4.78 is 32.5. The van der Waals surface area contributed by atoms with E-state index in [9.17, 15) is 13.6 Å². The maximum atomic E-state index is 13.5. The number of nitrogens with one attached hydrogen (secondary N) is 1. The Kier molecular flexibility index (Phi) is 7.84. The zero-order valence-electron chi connectivity index (χ0n) is 20.7. The predicted molar refractivity (Wildman–Crippen MR) is 142 cm³/mol. The molecular formula is C29H27F2N5O2. The normalized spacial score (nSPS) is 13.8. The van der Waals surface area contributed by atoms with E-state index in [1.54, 1.807) is 18.5 Å². The largest absolute Gasteiger partial charge is 0.483 e. The van der Waals surface area contributed by atoms with Crippen molar-refractivity contribution >= 4 is 17.3 Å². The number of amides is 1. The fourth-order valence-electron chi connectivity index (χ4n) is 4.39. The molecule has 2 heterocycles. The summed E-state index contributed by atoms with van der Waals surface area (Å²) in [5.41, 5.74) is 3.13. The monoisotopic (exact) mass is 515 g/mol. The van der Waals surface area contributed by atoms with E-state index in [4.69, 9.17) is 4.74 Å². The third kappa shape index (κ3) is 6.30. The first-order valence-electron chi connectivity index (χ1n) is 12.4. The second-order valence-corrected chi connectivity index (χ2v) is 8.96. The molecule has 1 aromatic heterocycles. The number of piperazine rings is 1. The fourth-order valence-corrected chi connectivity index (χ4v) is 4.39. The highest BCUT2D eigenvalue weighted by Gasteiger charge is 2.20. The summed E-state index contributed by atoms with van der Waals surface area (Å²) in [7, 11) is 0. The number of hydrogen-bond donors (Lipinski definition) is 1. The minimum atomic E-state index is -1.03. The SMILES string of the molecule is O=C(COc1ccc(-c2ncccn2)cc1CN1CCN(c2ccccc2)CC1)Nc1ccc(F)c(F)c1. The van der Waals surface area contributed by atoms with Crippen molar-refractivity contribution in [3.8, 4) is 17.1 Å². The minimum Gasteiger partial charge on any atom is -0.483 e. The van der Waals surface area contributed by atoms with Crippen LogP contribution in [0.2, 0.25) is 0 Å². The van der Waals surface area contributed by atoms with Crippen LogP contribution in [-0.2, 0) is 11.3 Å². The molecule has 1 N–H and O–H groups in total. The van der Waals surface area contributed by atoms with Crippen LogP contribution >= 0.6 is 0 Å². The van der Waals surface area contributed by atoms with Crippen LogP contribution in [0.1, 0.15) is 5.56 Å². The Hall–Kier alpha value is -4.37. The van der Waals surface area contributed by atoms with Crippen molar-refractivity contribution in [1.29, 1.82) is 0 Å². The van der Waals surface area contributed by atoms with Gasteiger partial charge in [-0.2, -0.15) is 0 Å². The van der Waals surface area contributed by atoms with Gasteiger partial charge in [-0.05, 0) is 48.5 Å². The second kappa shape index (κ2) is 11.8. The minimum absolute atomic E-state index is 0.158. The number of para-hydroxylation sites is 1. The molecule has 0 saturated carbocycles. The lowest BCUT2D eigenvalue weighted by Gasteiger charge is -2.36. The number of carbonyl (C=O) groups is 1. The summed E-state index contributed by atoms with van der Waals surface area (Å²) in [6, 6.07) is 21.0. The maximum Gasteiger partial charge on any atom is 0.262 e. The van der Waals surface area contributed by atoms with Crippen LogP contribution in [0.4, 0.5) is 20.2 Å². The Morgan fingerprint density at radius 2 is 1.63 bits per heavy atom. The van der Waals surface area contributed by atoms with Gasteiger partial charge in [-0.15, -0.1) is 0 Å². The lowest BCUT2D eigenvalue weighted by Crippen LogP contribution is -2.46. The van der Waals surface area contributed by atoms with Crippen molar-refractivity contribution in [1.82, 2.24) is 14.9 Å². The molecule has 1 amide bonds. The number of nitrogens with zero attached hydrogens (tertiary/aromatic N) is 4. The maximum absolute atomic E-state index is 13.5. The van der Waals surface area contributed by atoms with Crippen molar-refractivity contribution < 1.29 is 18.3 Å². The summed E-state index contributed by atoms with van der Waals surface area (Å²) in [5.74, 6) is -1.32. The molecule has 4 aromatic rings. The van der Waals surface area contributed by atoms with Crippen LogP contribution in [0, 0.1) is 11.6 Å². The Morgan fingerprint density at radius 3 is 2.37 bits per heavy atom. The van der Waals surface area contributed by atoms with Gasteiger partial charge in [0, 0.05) is 73.7 Å². The third-order valence-corrected chi connectivity index (χ3v) is 6.33. The number of benzene rings is 3. The van der Waals surface area contributed by atoms with E-state index in [-0.39, 0.29) is 12.3 Å². The van der Waals surface area contributed by atoms with E-state index in [0.717, 1.165) is 49.4 Å². The van der Waals surface area contributed by atoms with Crippen molar-refractivity contribution in [2.24, 2.45) is 0 Å². The first-order chi connectivity index (χ1) is 18.5. The lowest BCUT2D eigenvalue weighted by molar-refractivity contribution is -0.118. The molecule has 0 bridgehead atoms. The Morgan fingerprint density at radius 1 is 0.868 bits per heavy atom. The molecule has 1 aliphatic heterocycles. The Balaban J connectivity index is 1.28. The Bertz CT molecular complexity index is 1380. The molecule has 3 aromatic carbocycles. The smallest absolute Gasteiger partial charge is 0.262 e. The average Bonchev–Trinajstić information content (AvgIpc) is 2.96. The predicted octanol–water partition coefficient (Wildman–Crippen LogP) is 4.76. The van der Waals surface area contributed by atoms with Gasteiger partial charge in [-0.25, -0.2) is 18.7 Å². The van der Waals surface area contributed by atoms with Crippen molar-refractivity contribution in [3.63, 3.8) is 0 Å².